The molecular formula is C27H49N3O4. The zero-order valence-corrected chi connectivity index (χ0v) is 23.0. The fourth-order valence-corrected chi connectivity index (χ4v) is 5.41. The maximum Gasteiger partial charge on any atom is 0.408 e. The van der Waals surface area contributed by atoms with Crippen molar-refractivity contribution < 1.29 is 19.1 Å². The van der Waals surface area contributed by atoms with Gasteiger partial charge < -0.3 is 25.4 Å². The maximum absolute atomic E-state index is 13.7. The highest BCUT2D eigenvalue weighted by molar-refractivity contribution is 5.85. The third kappa shape index (κ3) is 9.21. The quantitative estimate of drug-likeness (QED) is 0.461. The van der Waals surface area contributed by atoms with Crippen molar-refractivity contribution in [3.8, 4) is 0 Å². The third-order valence-electron chi connectivity index (χ3n) is 6.44. The van der Waals surface area contributed by atoms with Crippen LogP contribution in [0.1, 0.15) is 94.4 Å². The van der Waals surface area contributed by atoms with Gasteiger partial charge in [-0.1, -0.05) is 26.0 Å². The minimum absolute atomic E-state index is 0.0436. The lowest BCUT2D eigenvalue weighted by Crippen LogP contribution is -2.63. The zero-order valence-electron chi connectivity index (χ0n) is 23.0. The minimum Gasteiger partial charge on any atom is -0.444 e. The van der Waals surface area contributed by atoms with Gasteiger partial charge in [0, 0.05) is 30.3 Å². The van der Waals surface area contributed by atoms with Gasteiger partial charge in [0.2, 0.25) is 5.91 Å². The lowest BCUT2D eigenvalue weighted by Gasteiger charge is -2.47. The smallest absolute Gasteiger partial charge is 0.408 e. The number of amides is 2. The fraction of sp³-hybridized carbons (Fsp3) is 0.852. The van der Waals surface area contributed by atoms with Crippen LogP contribution in [0, 0.1) is 11.3 Å². The average Bonchev–Trinajstić information content (AvgIpc) is 2.62. The standard InChI is InChI=1S/C27H49N3O4/c1-19(2)16-20(29-23(32)34-24(3,4)5)10-11-27(12-14-33-15-13-27)22(31)28-21-17-25(6,7)30-26(8,9)18-21/h10-11,19-21,30H,12-18H2,1-9H3,(H,28,31)(H,29,32)/b11-10+/t20-/m1/s1. The Morgan fingerprint density at radius 1 is 1.09 bits per heavy atom. The molecule has 2 rings (SSSR count). The summed E-state index contributed by atoms with van der Waals surface area (Å²) >= 11 is 0. The average molecular weight is 480 g/mol. The molecule has 0 saturated carbocycles. The van der Waals surface area contributed by atoms with Gasteiger partial charge in [0.1, 0.15) is 5.60 Å². The molecule has 0 unspecified atom stereocenters. The summed E-state index contributed by atoms with van der Waals surface area (Å²) in [7, 11) is 0. The highest BCUT2D eigenvalue weighted by Crippen LogP contribution is 2.35. The molecule has 2 fully saturated rings. The number of alkyl carbamates (subject to hydrolysis) is 1. The molecule has 2 saturated heterocycles. The van der Waals surface area contributed by atoms with Crippen LogP contribution < -0.4 is 16.0 Å². The molecule has 34 heavy (non-hydrogen) atoms. The van der Waals surface area contributed by atoms with E-state index in [0.717, 1.165) is 19.3 Å². The van der Waals surface area contributed by atoms with Crippen LogP contribution in [0.15, 0.2) is 12.2 Å². The number of piperidine rings is 1. The Bertz CT molecular complexity index is 715. The molecule has 2 amide bonds. The molecule has 196 valence electrons. The number of hydrogen-bond donors (Lipinski definition) is 3. The first-order valence-electron chi connectivity index (χ1n) is 12.9. The summed E-state index contributed by atoms with van der Waals surface area (Å²) in [6.07, 6.45) is 7.37. The number of nitrogens with one attached hydrogen (secondary N) is 3. The van der Waals surface area contributed by atoms with Gasteiger partial charge in [0.05, 0.1) is 11.5 Å². The number of carbonyl (C=O) groups excluding carboxylic acids is 2. The highest BCUT2D eigenvalue weighted by atomic mass is 16.6. The van der Waals surface area contributed by atoms with E-state index in [2.05, 4.69) is 57.5 Å². The first-order valence-corrected chi connectivity index (χ1v) is 12.9. The Morgan fingerprint density at radius 2 is 1.65 bits per heavy atom. The third-order valence-corrected chi connectivity index (χ3v) is 6.44. The SMILES string of the molecule is CC(C)C[C@@H](/C=C/C1(C(=O)NC2CC(C)(C)NC(C)(C)C2)CCOCC1)NC(=O)OC(C)(C)C. The lowest BCUT2D eigenvalue weighted by molar-refractivity contribution is -0.134. The first-order chi connectivity index (χ1) is 15.5. The zero-order chi connectivity index (χ0) is 25.8. The molecule has 1 atom stereocenters. The van der Waals surface area contributed by atoms with Gasteiger partial charge in [0.25, 0.3) is 0 Å². The van der Waals surface area contributed by atoms with Crippen molar-refractivity contribution >= 4 is 12.0 Å². The molecule has 0 aliphatic carbocycles. The van der Waals surface area contributed by atoms with Gasteiger partial charge in [-0.15, -0.1) is 0 Å². The van der Waals surface area contributed by atoms with Crippen LogP contribution in [-0.4, -0.2) is 54.0 Å². The van der Waals surface area contributed by atoms with Crippen molar-refractivity contribution in [1.82, 2.24) is 16.0 Å². The van der Waals surface area contributed by atoms with Crippen molar-refractivity contribution in [2.75, 3.05) is 13.2 Å². The van der Waals surface area contributed by atoms with E-state index in [1.54, 1.807) is 0 Å². The molecule has 0 spiro atoms. The molecule has 2 aliphatic rings. The summed E-state index contributed by atoms with van der Waals surface area (Å²) in [6.45, 7) is 19.7. The van der Waals surface area contributed by atoms with E-state index in [1.165, 1.54) is 0 Å². The second-order valence-electron chi connectivity index (χ2n) is 13.0. The van der Waals surface area contributed by atoms with Gasteiger partial charge in [-0.05, 0) is 86.5 Å². The van der Waals surface area contributed by atoms with Gasteiger partial charge in [-0.25, -0.2) is 4.79 Å². The number of rotatable bonds is 7. The minimum atomic E-state index is -0.637. The predicted molar refractivity (Wildman–Crippen MR) is 137 cm³/mol. The summed E-state index contributed by atoms with van der Waals surface area (Å²) in [6, 6.07) is -0.0997. The molecule has 0 radical (unpaired) electrons. The van der Waals surface area contributed by atoms with Crippen LogP contribution in [-0.2, 0) is 14.3 Å². The van der Waals surface area contributed by atoms with Crippen LogP contribution in [0.3, 0.4) is 0 Å². The number of carbonyl (C=O) groups is 2. The summed E-state index contributed by atoms with van der Waals surface area (Å²) in [5, 5.41) is 10.0. The largest absolute Gasteiger partial charge is 0.444 e. The van der Waals surface area contributed by atoms with E-state index in [0.29, 0.717) is 32.0 Å². The Morgan fingerprint density at radius 3 is 2.15 bits per heavy atom. The second-order valence-corrected chi connectivity index (χ2v) is 13.0. The Balaban J connectivity index is 2.19. The van der Waals surface area contributed by atoms with Crippen LogP contribution >= 0.6 is 0 Å². The molecule has 2 heterocycles. The molecule has 0 aromatic heterocycles. The van der Waals surface area contributed by atoms with Crippen molar-refractivity contribution in [3.63, 3.8) is 0 Å². The fourth-order valence-electron chi connectivity index (χ4n) is 5.41. The first kappa shape index (κ1) is 28.6. The van der Waals surface area contributed by atoms with Crippen LogP contribution in [0.25, 0.3) is 0 Å². The summed E-state index contributed by atoms with van der Waals surface area (Å²) in [5.74, 6) is 0.439. The highest BCUT2D eigenvalue weighted by Gasteiger charge is 2.42. The Kier molecular flexibility index (Phi) is 9.25. The molecule has 0 bridgehead atoms. The Hall–Kier alpha value is -1.60. The Labute approximate surface area is 207 Å². The molecule has 7 nitrogen and oxygen atoms in total. The van der Waals surface area contributed by atoms with Crippen LogP contribution in [0.5, 0.6) is 0 Å². The second kappa shape index (κ2) is 11.0. The van der Waals surface area contributed by atoms with E-state index in [-0.39, 0.29) is 29.1 Å². The normalized spacial score (nSPS) is 23.5. The van der Waals surface area contributed by atoms with Crippen molar-refractivity contribution in [2.24, 2.45) is 11.3 Å². The molecular weight excluding hydrogens is 430 g/mol. The van der Waals surface area contributed by atoms with Gasteiger partial charge >= 0.3 is 6.09 Å². The van der Waals surface area contributed by atoms with E-state index in [9.17, 15) is 9.59 Å². The van der Waals surface area contributed by atoms with Gasteiger partial charge in [0.15, 0.2) is 0 Å². The number of hydrogen-bond acceptors (Lipinski definition) is 5. The molecule has 7 heteroatoms. The van der Waals surface area contributed by atoms with Crippen molar-refractivity contribution in [3.05, 3.63) is 12.2 Å². The topological polar surface area (TPSA) is 88.7 Å². The van der Waals surface area contributed by atoms with Crippen LogP contribution in [0.4, 0.5) is 4.79 Å². The van der Waals surface area contributed by atoms with E-state index >= 15 is 0 Å². The van der Waals surface area contributed by atoms with E-state index in [1.807, 2.05) is 32.9 Å². The van der Waals surface area contributed by atoms with Gasteiger partial charge in [-0.3, -0.25) is 4.79 Å². The van der Waals surface area contributed by atoms with Crippen molar-refractivity contribution in [1.29, 1.82) is 0 Å². The molecule has 0 aromatic rings. The maximum atomic E-state index is 13.7. The summed E-state index contributed by atoms with van der Waals surface area (Å²) in [5.41, 5.74) is -1.28. The molecule has 3 N–H and O–H groups in total. The molecule has 2 aliphatic heterocycles. The van der Waals surface area contributed by atoms with E-state index in [4.69, 9.17) is 9.47 Å². The lowest BCUT2D eigenvalue weighted by atomic mass is 9.76. The number of ether oxygens (including phenoxy) is 2. The predicted octanol–water partition coefficient (Wildman–Crippen LogP) is 4.70. The van der Waals surface area contributed by atoms with Crippen LogP contribution in [0.2, 0.25) is 0 Å². The summed E-state index contributed by atoms with van der Waals surface area (Å²) < 4.78 is 11.1. The monoisotopic (exact) mass is 479 g/mol. The summed E-state index contributed by atoms with van der Waals surface area (Å²) in [4.78, 5) is 26.1. The van der Waals surface area contributed by atoms with Gasteiger partial charge in [-0.2, -0.15) is 0 Å². The van der Waals surface area contributed by atoms with E-state index < -0.39 is 17.1 Å². The molecule has 0 aromatic carbocycles. The van der Waals surface area contributed by atoms with Crippen molar-refractivity contribution in [2.45, 2.75) is 123 Å².